The molecular formula is C13H11BrN4O. The Hall–Kier alpha value is -2.08. The molecule has 3 rings (SSSR count). The summed E-state index contributed by atoms with van der Waals surface area (Å²) in [4.78, 5) is 8.64. The number of hydrogen-bond donors (Lipinski definition) is 1. The van der Waals surface area contributed by atoms with Crippen LogP contribution in [0, 0.1) is 0 Å². The molecule has 6 heteroatoms. The average molecular weight is 319 g/mol. The minimum absolute atomic E-state index is 0.391. The summed E-state index contributed by atoms with van der Waals surface area (Å²) in [7, 11) is 1.63. The Bertz CT molecular complexity index is 753. The van der Waals surface area contributed by atoms with E-state index in [4.69, 9.17) is 10.5 Å². The SMILES string of the molecule is COc1ccc(Br)c(-n2c(N)nc3cccnc32)c1. The van der Waals surface area contributed by atoms with Crippen molar-refractivity contribution in [1.29, 1.82) is 0 Å². The van der Waals surface area contributed by atoms with Crippen molar-refractivity contribution in [2.24, 2.45) is 0 Å². The summed E-state index contributed by atoms with van der Waals surface area (Å²) in [6.45, 7) is 0. The maximum absolute atomic E-state index is 6.00. The van der Waals surface area contributed by atoms with Crippen molar-refractivity contribution in [3.63, 3.8) is 0 Å². The second-order valence-electron chi connectivity index (χ2n) is 3.97. The van der Waals surface area contributed by atoms with Crippen LogP contribution in [-0.2, 0) is 0 Å². The van der Waals surface area contributed by atoms with Gasteiger partial charge in [0.15, 0.2) is 5.65 Å². The Balaban J connectivity index is 2.32. The fraction of sp³-hybridized carbons (Fsp3) is 0.0769. The normalized spacial score (nSPS) is 10.8. The molecule has 3 aromatic rings. The van der Waals surface area contributed by atoms with E-state index < -0.39 is 0 Å². The Morgan fingerprint density at radius 3 is 2.95 bits per heavy atom. The van der Waals surface area contributed by atoms with Crippen molar-refractivity contribution in [2.75, 3.05) is 12.8 Å². The van der Waals surface area contributed by atoms with Gasteiger partial charge in [-0.3, -0.25) is 4.57 Å². The largest absolute Gasteiger partial charge is 0.497 e. The van der Waals surface area contributed by atoms with Crippen LogP contribution in [0.2, 0.25) is 0 Å². The number of rotatable bonds is 2. The van der Waals surface area contributed by atoms with Crippen LogP contribution in [0.15, 0.2) is 41.0 Å². The molecule has 2 heterocycles. The highest BCUT2D eigenvalue weighted by molar-refractivity contribution is 9.10. The summed E-state index contributed by atoms with van der Waals surface area (Å²) in [6, 6.07) is 9.37. The molecule has 0 aliphatic rings. The van der Waals surface area contributed by atoms with Gasteiger partial charge in [-0.2, -0.15) is 0 Å². The zero-order valence-corrected chi connectivity index (χ0v) is 11.8. The number of pyridine rings is 1. The lowest BCUT2D eigenvalue weighted by Gasteiger charge is -2.10. The summed E-state index contributed by atoms with van der Waals surface area (Å²) in [6.07, 6.45) is 1.72. The van der Waals surface area contributed by atoms with E-state index in [0.29, 0.717) is 11.6 Å². The van der Waals surface area contributed by atoms with Crippen LogP contribution in [0.25, 0.3) is 16.9 Å². The molecular weight excluding hydrogens is 308 g/mol. The molecule has 0 aliphatic carbocycles. The Morgan fingerprint density at radius 2 is 2.16 bits per heavy atom. The van der Waals surface area contributed by atoms with Gasteiger partial charge in [-0.05, 0) is 40.2 Å². The van der Waals surface area contributed by atoms with E-state index in [1.54, 1.807) is 17.9 Å². The van der Waals surface area contributed by atoms with E-state index in [9.17, 15) is 0 Å². The van der Waals surface area contributed by atoms with Gasteiger partial charge in [-0.25, -0.2) is 9.97 Å². The number of nitrogens with zero attached hydrogens (tertiary/aromatic N) is 3. The summed E-state index contributed by atoms with van der Waals surface area (Å²) in [5, 5.41) is 0. The molecule has 96 valence electrons. The molecule has 0 spiro atoms. The highest BCUT2D eigenvalue weighted by Crippen LogP contribution is 2.30. The minimum Gasteiger partial charge on any atom is -0.497 e. The average Bonchev–Trinajstić information content (AvgIpc) is 2.75. The molecule has 0 radical (unpaired) electrons. The molecule has 0 atom stereocenters. The molecule has 19 heavy (non-hydrogen) atoms. The predicted octanol–water partition coefficient (Wildman–Crippen LogP) is 2.77. The lowest BCUT2D eigenvalue weighted by atomic mass is 10.3. The van der Waals surface area contributed by atoms with Crippen LogP contribution in [-0.4, -0.2) is 21.6 Å². The number of fused-ring (bicyclic) bond motifs is 1. The van der Waals surface area contributed by atoms with E-state index in [1.165, 1.54) is 0 Å². The number of benzene rings is 1. The molecule has 0 bridgehead atoms. The molecule has 0 saturated carbocycles. The van der Waals surface area contributed by atoms with Crippen LogP contribution in [0.5, 0.6) is 5.75 Å². The molecule has 1 aromatic carbocycles. The highest BCUT2D eigenvalue weighted by atomic mass is 79.9. The Morgan fingerprint density at radius 1 is 1.32 bits per heavy atom. The van der Waals surface area contributed by atoms with E-state index in [0.717, 1.165) is 21.4 Å². The van der Waals surface area contributed by atoms with Crippen molar-refractivity contribution in [2.45, 2.75) is 0 Å². The third kappa shape index (κ3) is 1.94. The van der Waals surface area contributed by atoms with Gasteiger partial charge in [0.05, 0.1) is 12.8 Å². The van der Waals surface area contributed by atoms with Crippen LogP contribution in [0.1, 0.15) is 0 Å². The Kier molecular flexibility index (Phi) is 2.87. The van der Waals surface area contributed by atoms with Crippen LogP contribution in [0.3, 0.4) is 0 Å². The fourth-order valence-corrected chi connectivity index (χ4v) is 2.38. The highest BCUT2D eigenvalue weighted by Gasteiger charge is 2.13. The summed E-state index contributed by atoms with van der Waals surface area (Å²) < 4.78 is 7.93. The van der Waals surface area contributed by atoms with Gasteiger partial charge in [0.1, 0.15) is 11.3 Å². The Labute approximate surface area is 118 Å². The summed E-state index contributed by atoms with van der Waals surface area (Å²) in [5.74, 6) is 1.14. The first-order chi connectivity index (χ1) is 9.20. The van der Waals surface area contributed by atoms with Gasteiger partial charge < -0.3 is 10.5 Å². The first kappa shape index (κ1) is 12.0. The van der Waals surface area contributed by atoms with Gasteiger partial charge in [-0.1, -0.05) is 0 Å². The van der Waals surface area contributed by atoms with Gasteiger partial charge in [0, 0.05) is 16.7 Å². The summed E-state index contributed by atoms with van der Waals surface area (Å²) >= 11 is 3.51. The predicted molar refractivity (Wildman–Crippen MR) is 77.5 cm³/mol. The quantitative estimate of drug-likeness (QED) is 0.789. The number of nitrogens with two attached hydrogens (primary N) is 1. The van der Waals surface area contributed by atoms with Gasteiger partial charge in [0.2, 0.25) is 5.95 Å². The molecule has 0 amide bonds. The molecule has 0 aliphatic heterocycles. The fourth-order valence-electron chi connectivity index (χ4n) is 1.96. The van der Waals surface area contributed by atoms with Gasteiger partial charge in [-0.15, -0.1) is 0 Å². The van der Waals surface area contributed by atoms with E-state index in [-0.39, 0.29) is 0 Å². The zero-order valence-electron chi connectivity index (χ0n) is 10.2. The van der Waals surface area contributed by atoms with Crippen molar-refractivity contribution >= 4 is 33.0 Å². The zero-order chi connectivity index (χ0) is 13.4. The van der Waals surface area contributed by atoms with Crippen molar-refractivity contribution in [3.05, 3.63) is 41.0 Å². The minimum atomic E-state index is 0.391. The number of hydrogen-bond acceptors (Lipinski definition) is 4. The van der Waals surface area contributed by atoms with E-state index in [2.05, 4.69) is 25.9 Å². The smallest absolute Gasteiger partial charge is 0.207 e. The van der Waals surface area contributed by atoms with E-state index >= 15 is 0 Å². The summed E-state index contributed by atoms with van der Waals surface area (Å²) in [5.41, 5.74) is 8.32. The van der Waals surface area contributed by atoms with E-state index in [1.807, 2.05) is 30.3 Å². The maximum Gasteiger partial charge on any atom is 0.207 e. The molecule has 0 fully saturated rings. The number of nitrogen functional groups attached to an aromatic ring is 1. The molecule has 0 saturated heterocycles. The molecule has 2 aromatic heterocycles. The lowest BCUT2D eigenvalue weighted by molar-refractivity contribution is 0.414. The van der Waals surface area contributed by atoms with Crippen LogP contribution >= 0.6 is 15.9 Å². The first-order valence-corrected chi connectivity index (χ1v) is 6.43. The number of aromatic nitrogens is 3. The van der Waals surface area contributed by atoms with Crippen molar-refractivity contribution in [1.82, 2.24) is 14.5 Å². The molecule has 0 unspecified atom stereocenters. The third-order valence-electron chi connectivity index (χ3n) is 2.84. The van der Waals surface area contributed by atoms with Crippen molar-refractivity contribution in [3.8, 4) is 11.4 Å². The van der Waals surface area contributed by atoms with Gasteiger partial charge in [0.25, 0.3) is 0 Å². The monoisotopic (exact) mass is 318 g/mol. The molecule has 2 N–H and O–H groups in total. The number of halogens is 1. The molecule has 5 nitrogen and oxygen atoms in total. The van der Waals surface area contributed by atoms with Crippen LogP contribution < -0.4 is 10.5 Å². The number of imidazole rings is 1. The topological polar surface area (TPSA) is 66.0 Å². The van der Waals surface area contributed by atoms with Crippen LogP contribution in [0.4, 0.5) is 5.95 Å². The second-order valence-corrected chi connectivity index (χ2v) is 4.82. The number of methoxy groups -OCH3 is 1. The first-order valence-electron chi connectivity index (χ1n) is 5.63. The maximum atomic E-state index is 6.00. The second kappa shape index (κ2) is 4.55. The lowest BCUT2D eigenvalue weighted by Crippen LogP contribution is -2.02. The third-order valence-corrected chi connectivity index (χ3v) is 3.51. The van der Waals surface area contributed by atoms with Crippen molar-refractivity contribution < 1.29 is 4.74 Å². The number of ether oxygens (including phenoxy) is 1. The van der Waals surface area contributed by atoms with Gasteiger partial charge >= 0.3 is 0 Å². The number of anilines is 1. The standard InChI is InChI=1S/C13H11BrN4O/c1-19-8-4-5-9(14)11(7-8)18-12-10(17-13(18)15)3-2-6-16-12/h2-7H,1H3,(H2,15,17).